The molecule has 0 aliphatic heterocycles. The van der Waals surface area contributed by atoms with Gasteiger partial charge in [-0.25, -0.2) is 9.78 Å². The van der Waals surface area contributed by atoms with E-state index in [1.165, 1.54) is 19.4 Å². The number of benzene rings is 1. The lowest BCUT2D eigenvalue weighted by Crippen LogP contribution is -2.58. The minimum Gasteiger partial charge on any atom is -0.481 e. The predicted molar refractivity (Wildman–Crippen MR) is 134 cm³/mol. The Balaban J connectivity index is 1.76. The number of aliphatic carboxylic acids is 2. The van der Waals surface area contributed by atoms with Gasteiger partial charge < -0.3 is 41.9 Å². The number of carboxylic acids is 2. The molecule has 38 heavy (non-hydrogen) atoms. The van der Waals surface area contributed by atoms with Crippen LogP contribution in [0.15, 0.2) is 43.0 Å². The number of carbonyl (C=O) groups is 5. The monoisotopic (exact) mass is 527 g/mol. The van der Waals surface area contributed by atoms with E-state index in [2.05, 4.69) is 30.9 Å². The van der Waals surface area contributed by atoms with Crippen LogP contribution in [-0.2, 0) is 36.8 Å². The molecule has 4 atom stereocenters. The molecule has 2 aromatic heterocycles. The van der Waals surface area contributed by atoms with Gasteiger partial charge >= 0.3 is 11.9 Å². The van der Waals surface area contributed by atoms with Gasteiger partial charge in [-0.05, 0) is 18.6 Å². The average molecular weight is 528 g/mol. The molecule has 3 rings (SSSR count). The summed E-state index contributed by atoms with van der Waals surface area (Å²) >= 11 is 0. The lowest BCUT2D eigenvalue weighted by molar-refractivity contribution is -0.143. The third-order valence-electron chi connectivity index (χ3n) is 5.75. The van der Waals surface area contributed by atoms with Gasteiger partial charge in [-0.15, -0.1) is 0 Å². The molecule has 14 heteroatoms. The second-order valence-electron chi connectivity index (χ2n) is 8.75. The quantitative estimate of drug-likeness (QED) is 0.136. The van der Waals surface area contributed by atoms with Gasteiger partial charge in [0.2, 0.25) is 17.7 Å². The molecule has 4 unspecified atom stereocenters. The van der Waals surface area contributed by atoms with E-state index in [1.54, 1.807) is 18.3 Å². The van der Waals surface area contributed by atoms with E-state index in [-0.39, 0.29) is 12.8 Å². The van der Waals surface area contributed by atoms with Crippen molar-refractivity contribution in [2.45, 2.75) is 50.4 Å². The largest absolute Gasteiger partial charge is 0.481 e. The summed E-state index contributed by atoms with van der Waals surface area (Å²) in [6, 6.07) is 2.02. The van der Waals surface area contributed by atoms with Crippen LogP contribution >= 0.6 is 0 Å². The fourth-order valence-corrected chi connectivity index (χ4v) is 3.78. The van der Waals surface area contributed by atoms with Gasteiger partial charge in [-0.2, -0.15) is 0 Å². The van der Waals surface area contributed by atoms with Crippen molar-refractivity contribution in [3.63, 3.8) is 0 Å². The third-order valence-corrected chi connectivity index (χ3v) is 5.75. The number of nitrogens with zero attached hydrogens (tertiary/aromatic N) is 1. The molecule has 3 amide bonds. The first-order valence-electron chi connectivity index (χ1n) is 11.7. The molecule has 14 nitrogen and oxygen atoms in total. The molecule has 3 aromatic rings. The van der Waals surface area contributed by atoms with Crippen LogP contribution in [-0.4, -0.2) is 79.0 Å². The van der Waals surface area contributed by atoms with Gasteiger partial charge in [0.15, 0.2) is 0 Å². The average Bonchev–Trinajstić information content (AvgIpc) is 3.52. The molecule has 0 fully saturated rings. The fourth-order valence-electron chi connectivity index (χ4n) is 3.78. The number of para-hydroxylation sites is 1. The lowest BCUT2D eigenvalue weighted by atomic mass is 10.0. The van der Waals surface area contributed by atoms with Crippen LogP contribution in [0.4, 0.5) is 0 Å². The molecule has 0 saturated carbocycles. The zero-order valence-electron chi connectivity index (χ0n) is 20.4. The molecule has 9 N–H and O–H groups in total. The van der Waals surface area contributed by atoms with E-state index < -0.39 is 60.2 Å². The second kappa shape index (κ2) is 12.5. The SMILES string of the molecule is CC(N)C(=O)NC(Cc1cnc[nH]1)C(=O)NC(CC(=O)O)C(=O)NC(Cc1c[nH]c2ccccc12)C(=O)O. The number of nitrogens with two attached hydrogens (primary N) is 1. The summed E-state index contributed by atoms with van der Waals surface area (Å²) < 4.78 is 0. The molecule has 2 heterocycles. The summed E-state index contributed by atoms with van der Waals surface area (Å²) in [6.07, 6.45) is 3.47. The first kappa shape index (κ1) is 27.9. The normalized spacial score (nSPS) is 14.2. The molecule has 0 aliphatic rings. The zero-order chi connectivity index (χ0) is 27.8. The zero-order valence-corrected chi connectivity index (χ0v) is 20.4. The number of fused-ring (bicyclic) bond motifs is 1. The molecule has 0 saturated heterocycles. The van der Waals surface area contributed by atoms with Crippen LogP contribution in [0.2, 0.25) is 0 Å². The topological polar surface area (TPSA) is 232 Å². The number of amides is 3. The number of imidazole rings is 1. The number of carboxylic acid groups (broad SMARTS) is 2. The first-order chi connectivity index (χ1) is 18.0. The van der Waals surface area contributed by atoms with Crippen LogP contribution in [0.3, 0.4) is 0 Å². The van der Waals surface area contributed by atoms with Crippen molar-refractivity contribution in [2.24, 2.45) is 5.73 Å². The number of rotatable bonds is 13. The summed E-state index contributed by atoms with van der Waals surface area (Å²) in [6.45, 7) is 1.42. The number of carbonyl (C=O) groups excluding carboxylic acids is 3. The van der Waals surface area contributed by atoms with Crippen LogP contribution in [0.25, 0.3) is 10.9 Å². The molecule has 0 spiro atoms. The Labute approximate surface area is 216 Å². The minimum absolute atomic E-state index is 0.0516. The number of hydrogen-bond donors (Lipinski definition) is 8. The van der Waals surface area contributed by atoms with Crippen molar-refractivity contribution >= 4 is 40.6 Å². The highest BCUT2D eigenvalue weighted by Crippen LogP contribution is 2.19. The maximum absolute atomic E-state index is 13.1. The highest BCUT2D eigenvalue weighted by molar-refractivity contribution is 5.96. The van der Waals surface area contributed by atoms with Crippen molar-refractivity contribution in [2.75, 3.05) is 0 Å². The Hall–Kier alpha value is -4.72. The summed E-state index contributed by atoms with van der Waals surface area (Å²) in [5.41, 5.74) is 7.48. The Morgan fingerprint density at radius 1 is 0.921 bits per heavy atom. The van der Waals surface area contributed by atoms with Gasteiger partial charge in [0.1, 0.15) is 18.1 Å². The van der Waals surface area contributed by atoms with E-state index in [0.29, 0.717) is 11.3 Å². The smallest absolute Gasteiger partial charge is 0.326 e. The molecule has 0 aliphatic carbocycles. The number of aromatic nitrogens is 3. The van der Waals surface area contributed by atoms with E-state index >= 15 is 0 Å². The molecule has 202 valence electrons. The van der Waals surface area contributed by atoms with Gasteiger partial charge in [-0.3, -0.25) is 19.2 Å². The molecule has 0 bridgehead atoms. The fraction of sp³-hybridized carbons (Fsp3) is 0.333. The number of H-pyrrole nitrogens is 2. The van der Waals surface area contributed by atoms with Gasteiger partial charge in [0, 0.05) is 41.8 Å². The second-order valence-corrected chi connectivity index (χ2v) is 8.75. The third kappa shape index (κ3) is 7.39. The Morgan fingerprint density at radius 2 is 1.58 bits per heavy atom. The Kier molecular flexibility index (Phi) is 9.16. The maximum atomic E-state index is 13.1. The number of aromatic amines is 2. The molecular weight excluding hydrogens is 498 g/mol. The van der Waals surface area contributed by atoms with Gasteiger partial charge in [0.05, 0.1) is 18.8 Å². The van der Waals surface area contributed by atoms with Crippen molar-refractivity contribution in [3.8, 4) is 0 Å². The van der Waals surface area contributed by atoms with Crippen molar-refractivity contribution in [3.05, 3.63) is 54.2 Å². The summed E-state index contributed by atoms with van der Waals surface area (Å²) in [5.74, 6) is -5.26. The lowest BCUT2D eigenvalue weighted by Gasteiger charge is -2.24. The Bertz CT molecular complexity index is 1300. The van der Waals surface area contributed by atoms with E-state index in [9.17, 15) is 34.2 Å². The number of nitrogens with one attached hydrogen (secondary N) is 5. The van der Waals surface area contributed by atoms with Crippen LogP contribution in [0, 0.1) is 0 Å². The van der Waals surface area contributed by atoms with E-state index in [0.717, 1.165) is 10.9 Å². The van der Waals surface area contributed by atoms with E-state index in [1.807, 2.05) is 12.1 Å². The van der Waals surface area contributed by atoms with Crippen molar-refractivity contribution in [1.29, 1.82) is 0 Å². The molecule has 1 aromatic carbocycles. The predicted octanol–water partition coefficient (Wildman–Crippen LogP) is -0.963. The van der Waals surface area contributed by atoms with Gasteiger partial charge in [-0.1, -0.05) is 18.2 Å². The maximum Gasteiger partial charge on any atom is 0.326 e. The standard InChI is InChI=1S/C24H29N7O7/c1-12(25)21(34)29-17(7-14-10-26-11-28-14)22(35)30-18(8-20(32)33)23(36)31-19(24(37)38)6-13-9-27-16-5-3-2-4-15(13)16/h2-5,9-12,17-19,27H,6-8,25H2,1H3,(H,26,28)(H,29,34)(H,30,35)(H,31,36)(H,32,33)(H,37,38). The highest BCUT2D eigenvalue weighted by Gasteiger charge is 2.32. The first-order valence-corrected chi connectivity index (χ1v) is 11.7. The highest BCUT2D eigenvalue weighted by atomic mass is 16.4. The molecular formula is C24H29N7O7. The molecule has 0 radical (unpaired) electrons. The van der Waals surface area contributed by atoms with Crippen molar-refractivity contribution < 1.29 is 34.2 Å². The van der Waals surface area contributed by atoms with Crippen LogP contribution in [0.5, 0.6) is 0 Å². The van der Waals surface area contributed by atoms with Crippen LogP contribution in [0.1, 0.15) is 24.6 Å². The summed E-state index contributed by atoms with van der Waals surface area (Å²) in [4.78, 5) is 71.3. The minimum atomic E-state index is -1.62. The number of hydrogen-bond acceptors (Lipinski definition) is 7. The van der Waals surface area contributed by atoms with E-state index in [4.69, 9.17) is 5.73 Å². The van der Waals surface area contributed by atoms with Crippen molar-refractivity contribution in [1.82, 2.24) is 30.9 Å². The summed E-state index contributed by atoms with van der Waals surface area (Å²) in [5, 5.41) is 26.9. The summed E-state index contributed by atoms with van der Waals surface area (Å²) in [7, 11) is 0. The Morgan fingerprint density at radius 3 is 2.21 bits per heavy atom. The van der Waals surface area contributed by atoms with Gasteiger partial charge in [0.25, 0.3) is 0 Å². The van der Waals surface area contributed by atoms with Crippen LogP contribution < -0.4 is 21.7 Å².